The van der Waals surface area contributed by atoms with Gasteiger partial charge in [-0.3, -0.25) is 4.99 Å². The van der Waals surface area contributed by atoms with Crippen LogP contribution >= 0.6 is 24.0 Å². The summed E-state index contributed by atoms with van der Waals surface area (Å²) in [7, 11) is 0. The molecule has 1 fully saturated rings. The van der Waals surface area contributed by atoms with Crippen LogP contribution in [0.15, 0.2) is 47.7 Å². The molecule has 0 amide bonds. The number of guanidine groups is 1. The quantitative estimate of drug-likeness (QED) is 0.399. The summed E-state index contributed by atoms with van der Waals surface area (Å²) < 4.78 is 0. The number of rotatable bonds is 4. The molecule has 8 heteroatoms. The van der Waals surface area contributed by atoms with Crippen LogP contribution < -0.4 is 15.5 Å². The van der Waals surface area contributed by atoms with Crippen LogP contribution in [0.1, 0.15) is 12.5 Å². The lowest BCUT2D eigenvalue weighted by Crippen LogP contribution is -2.51. The van der Waals surface area contributed by atoms with Crippen molar-refractivity contribution >= 4 is 41.6 Å². The van der Waals surface area contributed by atoms with Gasteiger partial charge >= 0.3 is 0 Å². The minimum Gasteiger partial charge on any atom is -0.370 e. The molecule has 150 valence electrons. The van der Waals surface area contributed by atoms with Crippen molar-refractivity contribution in [2.24, 2.45) is 10.7 Å². The third-order valence-electron chi connectivity index (χ3n) is 5.41. The van der Waals surface area contributed by atoms with E-state index in [1.807, 2.05) is 6.07 Å². The number of nitrogens with two attached hydrogens (primary N) is 1. The predicted molar refractivity (Wildman–Crippen MR) is 125 cm³/mol. The van der Waals surface area contributed by atoms with Crippen LogP contribution in [0.4, 0.5) is 11.6 Å². The molecular formula is C20H28IN7. The van der Waals surface area contributed by atoms with Gasteiger partial charge in [0.05, 0.1) is 6.54 Å². The van der Waals surface area contributed by atoms with Crippen molar-refractivity contribution in [3.8, 4) is 0 Å². The molecule has 1 aromatic heterocycles. The van der Waals surface area contributed by atoms with Gasteiger partial charge in [0.25, 0.3) is 0 Å². The zero-order valence-corrected chi connectivity index (χ0v) is 18.6. The van der Waals surface area contributed by atoms with E-state index in [4.69, 9.17) is 10.7 Å². The Bertz CT molecular complexity index is 790. The molecule has 0 aliphatic carbocycles. The van der Waals surface area contributed by atoms with Crippen molar-refractivity contribution in [3.63, 3.8) is 0 Å². The first-order chi connectivity index (χ1) is 13.2. The molecule has 2 aliphatic heterocycles. The van der Waals surface area contributed by atoms with Gasteiger partial charge < -0.3 is 20.4 Å². The highest BCUT2D eigenvalue weighted by Gasteiger charge is 2.23. The maximum absolute atomic E-state index is 6.28. The molecule has 1 aromatic carbocycles. The molecule has 0 bridgehead atoms. The number of anilines is 2. The number of benzene rings is 1. The first kappa shape index (κ1) is 20.6. The normalized spacial score (nSPS) is 17.9. The maximum Gasteiger partial charge on any atom is 0.225 e. The summed E-state index contributed by atoms with van der Waals surface area (Å²) in [5.41, 5.74) is 9.06. The molecule has 0 radical (unpaired) electrons. The van der Waals surface area contributed by atoms with E-state index in [1.165, 1.54) is 11.3 Å². The summed E-state index contributed by atoms with van der Waals surface area (Å²) in [4.78, 5) is 20.1. The van der Waals surface area contributed by atoms with Crippen molar-refractivity contribution in [2.45, 2.75) is 19.4 Å². The Morgan fingerprint density at radius 1 is 1.07 bits per heavy atom. The van der Waals surface area contributed by atoms with Crippen molar-refractivity contribution in [1.82, 2.24) is 14.9 Å². The molecule has 2 aromatic rings. The number of hydrogen-bond donors (Lipinski definition) is 1. The van der Waals surface area contributed by atoms with Crippen LogP contribution in [0.25, 0.3) is 0 Å². The van der Waals surface area contributed by atoms with E-state index in [0.29, 0.717) is 18.5 Å². The molecular weight excluding hydrogens is 465 g/mol. The molecule has 3 heterocycles. The number of piperazine rings is 1. The van der Waals surface area contributed by atoms with Gasteiger partial charge in [0.15, 0.2) is 5.96 Å². The number of halogens is 1. The molecule has 28 heavy (non-hydrogen) atoms. The summed E-state index contributed by atoms with van der Waals surface area (Å²) >= 11 is 0. The molecule has 1 saturated heterocycles. The van der Waals surface area contributed by atoms with Crippen LogP contribution in [0.3, 0.4) is 0 Å². The van der Waals surface area contributed by atoms with Gasteiger partial charge in [-0.25, -0.2) is 9.97 Å². The Kier molecular flexibility index (Phi) is 6.93. The summed E-state index contributed by atoms with van der Waals surface area (Å²) in [5, 5.41) is 0. The van der Waals surface area contributed by atoms with Gasteiger partial charge in [-0.05, 0) is 31.0 Å². The van der Waals surface area contributed by atoms with Crippen LogP contribution in [0.2, 0.25) is 0 Å². The van der Waals surface area contributed by atoms with Crippen molar-refractivity contribution in [3.05, 3.63) is 48.3 Å². The van der Waals surface area contributed by atoms with Gasteiger partial charge in [-0.2, -0.15) is 0 Å². The Hall–Kier alpha value is -2.10. The largest absolute Gasteiger partial charge is 0.370 e. The number of aliphatic imine (C=N–C) groups is 1. The number of aromatic nitrogens is 2. The zero-order valence-electron chi connectivity index (χ0n) is 16.2. The van der Waals surface area contributed by atoms with E-state index < -0.39 is 0 Å². The zero-order chi connectivity index (χ0) is 18.6. The van der Waals surface area contributed by atoms with Crippen LogP contribution in [0, 0.1) is 0 Å². The number of para-hydroxylation sites is 1. The molecule has 0 saturated carbocycles. The van der Waals surface area contributed by atoms with E-state index >= 15 is 0 Å². The summed E-state index contributed by atoms with van der Waals surface area (Å²) in [6.07, 6.45) is 4.67. The Labute approximate surface area is 183 Å². The minimum absolute atomic E-state index is 0. The fourth-order valence-electron chi connectivity index (χ4n) is 3.84. The SMILES string of the molecule is CC(CN=C(N)N1CCN(c2ncccn2)CC1)N1CCc2ccccc21.I. The third kappa shape index (κ3) is 4.48. The van der Waals surface area contributed by atoms with Crippen molar-refractivity contribution < 1.29 is 0 Å². The molecule has 7 nitrogen and oxygen atoms in total. The number of nitrogens with zero attached hydrogens (tertiary/aromatic N) is 6. The fourth-order valence-corrected chi connectivity index (χ4v) is 3.84. The van der Waals surface area contributed by atoms with E-state index in [0.717, 1.165) is 45.1 Å². The van der Waals surface area contributed by atoms with E-state index in [9.17, 15) is 0 Å². The van der Waals surface area contributed by atoms with Crippen LogP contribution in [0.5, 0.6) is 0 Å². The van der Waals surface area contributed by atoms with Gasteiger partial charge in [0.1, 0.15) is 0 Å². The topological polar surface area (TPSA) is 73.9 Å². The Morgan fingerprint density at radius 2 is 1.79 bits per heavy atom. The van der Waals surface area contributed by atoms with E-state index in [2.05, 4.69) is 55.9 Å². The minimum atomic E-state index is 0. The van der Waals surface area contributed by atoms with Crippen LogP contribution in [-0.4, -0.2) is 66.1 Å². The van der Waals surface area contributed by atoms with E-state index in [1.54, 1.807) is 12.4 Å². The summed E-state index contributed by atoms with van der Waals surface area (Å²) in [6, 6.07) is 10.8. The van der Waals surface area contributed by atoms with E-state index in [-0.39, 0.29) is 24.0 Å². The van der Waals surface area contributed by atoms with Crippen LogP contribution in [-0.2, 0) is 6.42 Å². The summed E-state index contributed by atoms with van der Waals surface area (Å²) in [5.74, 6) is 1.43. The second-order valence-corrected chi connectivity index (χ2v) is 7.14. The fraction of sp³-hybridized carbons (Fsp3) is 0.450. The highest BCUT2D eigenvalue weighted by Crippen LogP contribution is 2.29. The van der Waals surface area contributed by atoms with Gasteiger partial charge in [0, 0.05) is 56.8 Å². The second kappa shape index (κ2) is 9.40. The monoisotopic (exact) mass is 493 g/mol. The number of fused-ring (bicyclic) bond motifs is 1. The number of hydrogen-bond acceptors (Lipinski definition) is 5. The Balaban J connectivity index is 0.00000225. The average molecular weight is 493 g/mol. The molecule has 1 unspecified atom stereocenters. The summed E-state index contributed by atoms with van der Waals surface area (Å²) in [6.45, 7) is 7.39. The average Bonchev–Trinajstić information content (AvgIpc) is 3.17. The lowest BCUT2D eigenvalue weighted by molar-refractivity contribution is 0.377. The van der Waals surface area contributed by atoms with Gasteiger partial charge in [-0.15, -0.1) is 24.0 Å². The molecule has 4 rings (SSSR count). The molecule has 2 aliphatic rings. The smallest absolute Gasteiger partial charge is 0.225 e. The molecule has 0 spiro atoms. The van der Waals surface area contributed by atoms with Crippen molar-refractivity contribution in [2.75, 3.05) is 49.1 Å². The Morgan fingerprint density at radius 3 is 2.54 bits per heavy atom. The molecule has 1 atom stereocenters. The second-order valence-electron chi connectivity index (χ2n) is 7.14. The first-order valence-corrected chi connectivity index (χ1v) is 9.64. The first-order valence-electron chi connectivity index (χ1n) is 9.64. The lowest BCUT2D eigenvalue weighted by atomic mass is 10.2. The van der Waals surface area contributed by atoms with Gasteiger partial charge in [0.2, 0.25) is 5.95 Å². The maximum atomic E-state index is 6.28. The highest BCUT2D eigenvalue weighted by molar-refractivity contribution is 14.0. The lowest BCUT2D eigenvalue weighted by Gasteiger charge is -2.35. The third-order valence-corrected chi connectivity index (χ3v) is 5.41. The molecule has 2 N–H and O–H groups in total. The predicted octanol–water partition coefficient (Wildman–Crippen LogP) is 1.98. The standard InChI is InChI=1S/C20H27N7.HI/c1-16(27-10-7-17-5-2-3-6-18(17)27)15-24-19(21)25-11-13-26(14-12-25)20-22-8-4-9-23-20;/h2-6,8-9,16H,7,10-15H2,1H3,(H2,21,24);1H. The highest BCUT2D eigenvalue weighted by atomic mass is 127. The van der Waals surface area contributed by atoms with Crippen molar-refractivity contribution in [1.29, 1.82) is 0 Å². The van der Waals surface area contributed by atoms with Gasteiger partial charge in [-0.1, -0.05) is 18.2 Å².